The molecule has 7 heteroatoms. The molecule has 4 saturated carbocycles. The number of rotatable bonds is 7. The first kappa shape index (κ1) is 21.2. The molecule has 4 fully saturated rings. The van der Waals surface area contributed by atoms with Gasteiger partial charge in [-0.25, -0.2) is 18.4 Å². The molecule has 6 atom stereocenters. The smallest absolute Gasteiger partial charge is 0.344 e. The fraction of sp³-hybridized carbons (Fsp3) is 0.520. The van der Waals surface area contributed by atoms with Gasteiger partial charge in [0, 0.05) is 29.5 Å². The van der Waals surface area contributed by atoms with E-state index in [1.54, 1.807) is 0 Å². The molecule has 0 amide bonds. The fourth-order valence-corrected chi connectivity index (χ4v) is 6.49. The number of hydrogen-bond acceptors (Lipinski definition) is 5. The summed E-state index contributed by atoms with van der Waals surface area (Å²) in [6, 6.07) is 1.46. The summed E-state index contributed by atoms with van der Waals surface area (Å²) < 4.78 is 44.5. The second kappa shape index (κ2) is 7.42. The van der Waals surface area contributed by atoms with Crippen molar-refractivity contribution in [2.45, 2.75) is 38.7 Å². The fourth-order valence-electron chi connectivity index (χ4n) is 6.49. The summed E-state index contributed by atoms with van der Waals surface area (Å²) in [5.41, 5.74) is -0.493. The molecular formula is C25H26F2O5. The van der Waals surface area contributed by atoms with Crippen LogP contribution in [0.1, 0.15) is 33.1 Å². The number of carbonyl (C=O) groups excluding carboxylic acids is 2. The van der Waals surface area contributed by atoms with E-state index in [4.69, 9.17) is 14.2 Å². The molecule has 6 rings (SSSR count). The number of halogens is 2. The topological polar surface area (TPSA) is 61.8 Å². The van der Waals surface area contributed by atoms with E-state index in [1.807, 2.05) is 6.92 Å². The maximum Gasteiger partial charge on any atom is 0.344 e. The highest BCUT2D eigenvalue weighted by Gasteiger charge is 2.68. The maximum absolute atomic E-state index is 14.3. The Balaban J connectivity index is 1.23. The monoisotopic (exact) mass is 444 g/mol. The minimum atomic E-state index is -0.985. The van der Waals surface area contributed by atoms with Gasteiger partial charge >= 0.3 is 11.9 Å². The van der Waals surface area contributed by atoms with Gasteiger partial charge in [0.25, 0.3) is 0 Å². The highest BCUT2D eigenvalue weighted by molar-refractivity contribution is 5.88. The van der Waals surface area contributed by atoms with Gasteiger partial charge in [0.1, 0.15) is 5.60 Å². The number of ether oxygens (including phenoxy) is 3. The van der Waals surface area contributed by atoms with Crippen LogP contribution in [-0.4, -0.2) is 24.1 Å². The third-order valence-electron chi connectivity index (χ3n) is 7.80. The molecule has 0 N–H and O–H groups in total. The lowest BCUT2D eigenvalue weighted by Gasteiger charge is -2.43. The molecular weight excluding hydrogens is 418 g/mol. The van der Waals surface area contributed by atoms with Crippen molar-refractivity contribution in [1.29, 1.82) is 0 Å². The molecule has 1 aromatic carbocycles. The summed E-state index contributed by atoms with van der Waals surface area (Å²) in [5.74, 6) is -1.38. The van der Waals surface area contributed by atoms with E-state index < -0.39 is 47.3 Å². The largest absolute Gasteiger partial charge is 0.479 e. The van der Waals surface area contributed by atoms with Crippen molar-refractivity contribution in [3.8, 4) is 11.5 Å². The average molecular weight is 444 g/mol. The summed E-state index contributed by atoms with van der Waals surface area (Å²) >= 11 is 0. The van der Waals surface area contributed by atoms with Crippen LogP contribution in [0.15, 0.2) is 36.4 Å². The zero-order chi connectivity index (χ0) is 22.8. The number of benzene rings is 1. The van der Waals surface area contributed by atoms with Gasteiger partial charge in [-0.3, -0.25) is 0 Å². The molecule has 0 radical (unpaired) electrons. The maximum atomic E-state index is 14.3. The van der Waals surface area contributed by atoms with Crippen LogP contribution in [0.3, 0.4) is 0 Å². The molecule has 0 aliphatic heterocycles. The zero-order valence-electron chi connectivity index (χ0n) is 18.1. The molecule has 0 heterocycles. The molecule has 0 aromatic heterocycles. The highest BCUT2D eigenvalue weighted by Crippen LogP contribution is 2.69. The van der Waals surface area contributed by atoms with E-state index in [9.17, 15) is 18.4 Å². The van der Waals surface area contributed by atoms with Gasteiger partial charge in [-0.15, -0.1) is 0 Å². The van der Waals surface area contributed by atoms with Crippen LogP contribution < -0.4 is 9.47 Å². The molecule has 1 aromatic rings. The van der Waals surface area contributed by atoms with Crippen LogP contribution in [0.25, 0.3) is 0 Å². The lowest BCUT2D eigenvalue weighted by molar-refractivity contribution is -0.174. The standard InChI is InChI=1S/C25H26F2O5/c1-12(2)24(29)31-21-10-18(26)20(9-19(21)27)30-11-22(28)32-25(3)16-7-13-6-15(16)23(14-4-5-14)17(25)8-13/h4-5,9-10,13-17,23H,1,6-8,11H2,2-3H3. The van der Waals surface area contributed by atoms with Crippen molar-refractivity contribution in [1.82, 2.24) is 0 Å². The van der Waals surface area contributed by atoms with Gasteiger partial charge < -0.3 is 14.2 Å². The van der Waals surface area contributed by atoms with Gasteiger partial charge in [0.2, 0.25) is 0 Å². The Hall–Kier alpha value is -2.70. The normalized spacial score (nSPS) is 33.9. The number of esters is 2. The molecule has 170 valence electrons. The van der Waals surface area contributed by atoms with Crippen LogP contribution >= 0.6 is 0 Å². The molecule has 0 spiro atoms. The van der Waals surface area contributed by atoms with Crippen LogP contribution in [0.5, 0.6) is 11.5 Å². The lowest BCUT2D eigenvalue weighted by Crippen LogP contribution is -2.47. The van der Waals surface area contributed by atoms with Crippen molar-refractivity contribution in [2.24, 2.45) is 35.5 Å². The summed E-state index contributed by atoms with van der Waals surface area (Å²) in [4.78, 5) is 24.2. The first-order valence-electron chi connectivity index (χ1n) is 11.1. The first-order valence-corrected chi connectivity index (χ1v) is 11.1. The molecule has 5 aliphatic carbocycles. The minimum Gasteiger partial charge on any atom is -0.479 e. The Morgan fingerprint density at radius 1 is 1.09 bits per heavy atom. The number of allylic oxidation sites excluding steroid dienone is 2. The van der Waals surface area contributed by atoms with Crippen LogP contribution in [0, 0.1) is 47.1 Å². The van der Waals surface area contributed by atoms with Crippen molar-refractivity contribution >= 4 is 11.9 Å². The lowest BCUT2D eigenvalue weighted by atomic mass is 9.68. The highest BCUT2D eigenvalue weighted by atomic mass is 19.1. The molecule has 5 aliphatic rings. The van der Waals surface area contributed by atoms with Crippen molar-refractivity contribution in [3.05, 3.63) is 48.1 Å². The van der Waals surface area contributed by atoms with Crippen LogP contribution in [0.4, 0.5) is 8.78 Å². The predicted molar refractivity (Wildman–Crippen MR) is 111 cm³/mol. The van der Waals surface area contributed by atoms with E-state index in [0.29, 0.717) is 35.7 Å². The zero-order valence-corrected chi connectivity index (χ0v) is 18.1. The van der Waals surface area contributed by atoms with E-state index in [-0.39, 0.29) is 5.57 Å². The minimum absolute atomic E-state index is 0.0512. The second-order valence-electron chi connectivity index (χ2n) is 9.82. The Morgan fingerprint density at radius 3 is 2.44 bits per heavy atom. The van der Waals surface area contributed by atoms with Crippen molar-refractivity contribution in [3.63, 3.8) is 0 Å². The Morgan fingerprint density at radius 2 is 1.75 bits per heavy atom. The molecule has 4 bridgehead atoms. The van der Waals surface area contributed by atoms with Gasteiger partial charge in [-0.05, 0) is 56.8 Å². The molecule has 32 heavy (non-hydrogen) atoms. The number of carbonyl (C=O) groups is 2. The van der Waals surface area contributed by atoms with Gasteiger partial charge in [0.15, 0.2) is 29.7 Å². The molecule has 5 nitrogen and oxygen atoms in total. The third-order valence-corrected chi connectivity index (χ3v) is 7.80. The SMILES string of the molecule is C=C(C)C(=O)Oc1cc(F)c(OCC(=O)OC2(C)C3CC4CC3C(C3C=C3)C2C4)cc1F. The average Bonchev–Trinajstić information content (AvgIpc) is 3.49. The van der Waals surface area contributed by atoms with Gasteiger partial charge in [-0.2, -0.15) is 0 Å². The van der Waals surface area contributed by atoms with E-state index in [0.717, 1.165) is 24.8 Å². The van der Waals surface area contributed by atoms with Crippen molar-refractivity contribution in [2.75, 3.05) is 6.61 Å². The summed E-state index contributed by atoms with van der Waals surface area (Å²) in [5, 5.41) is 0. The quantitative estimate of drug-likeness (QED) is 0.266. The van der Waals surface area contributed by atoms with E-state index in [1.165, 1.54) is 13.3 Å². The van der Waals surface area contributed by atoms with Gasteiger partial charge in [-0.1, -0.05) is 18.7 Å². The summed E-state index contributed by atoms with van der Waals surface area (Å²) in [6.45, 7) is 6.29. The first-order chi connectivity index (χ1) is 15.2. The predicted octanol–water partition coefficient (Wildman–Crippen LogP) is 4.61. The van der Waals surface area contributed by atoms with Crippen molar-refractivity contribution < 1.29 is 32.6 Å². The molecule has 6 unspecified atom stereocenters. The molecule has 0 saturated heterocycles. The second-order valence-corrected chi connectivity index (χ2v) is 9.82. The van der Waals surface area contributed by atoms with Crippen LogP contribution in [-0.2, 0) is 14.3 Å². The Labute approximate surface area is 185 Å². The summed E-state index contributed by atoms with van der Waals surface area (Å²) in [7, 11) is 0. The van der Waals surface area contributed by atoms with Crippen LogP contribution in [0.2, 0.25) is 0 Å². The third kappa shape index (κ3) is 3.42. The Bertz CT molecular complexity index is 1030. The van der Waals surface area contributed by atoms with E-state index >= 15 is 0 Å². The number of hydrogen-bond donors (Lipinski definition) is 0. The van der Waals surface area contributed by atoms with E-state index in [2.05, 4.69) is 18.7 Å². The van der Waals surface area contributed by atoms with Gasteiger partial charge in [0.05, 0.1) is 0 Å². The Kier molecular flexibility index (Phi) is 4.91. The summed E-state index contributed by atoms with van der Waals surface area (Å²) in [6.07, 6.45) is 7.84.